The molecule has 5 aromatic rings. The number of benzene rings is 5. The highest BCUT2D eigenvalue weighted by Gasteiger charge is 2.70. The van der Waals surface area contributed by atoms with Crippen molar-refractivity contribution in [3.05, 3.63) is 132 Å². The number of methoxy groups -OCH3 is 1. The molecule has 5 aromatic carbocycles. The number of hydrogen-bond donors (Lipinski definition) is 0. The highest BCUT2D eigenvalue weighted by molar-refractivity contribution is 7.57. The van der Waals surface area contributed by atoms with Crippen molar-refractivity contribution in [3.8, 4) is 0 Å². The summed E-state index contributed by atoms with van der Waals surface area (Å²) in [6.07, 6.45) is 4.19. The minimum absolute atomic E-state index is 0.119. The van der Waals surface area contributed by atoms with E-state index in [1.54, 1.807) is 0 Å². The molecule has 5 atom stereocenters. The summed E-state index contributed by atoms with van der Waals surface area (Å²) in [7, 11) is -2.05. The van der Waals surface area contributed by atoms with E-state index in [4.69, 9.17) is 4.74 Å². The van der Waals surface area contributed by atoms with Crippen LogP contribution >= 0.6 is 7.59 Å². The predicted molar refractivity (Wildman–Crippen MR) is 179 cm³/mol. The zero-order chi connectivity index (χ0) is 30.5. The molecule has 7 heteroatoms. The van der Waals surface area contributed by atoms with Gasteiger partial charge in [-0.25, -0.2) is 14.0 Å². The summed E-state index contributed by atoms with van der Waals surface area (Å²) in [4.78, 5) is 13.4. The van der Waals surface area contributed by atoms with Gasteiger partial charge < -0.3 is 4.74 Å². The fraction of sp³-hybridized carbons (Fsp3) is 0.289. The summed E-state index contributed by atoms with van der Waals surface area (Å²) in [6, 6.07) is 39.1. The Morgan fingerprint density at radius 1 is 0.689 bits per heavy atom. The third-order valence-corrected chi connectivity index (χ3v) is 13.5. The monoisotopic (exact) mass is 615 g/mol. The van der Waals surface area contributed by atoms with Crippen molar-refractivity contribution in [2.24, 2.45) is 0 Å². The minimum Gasteiger partial charge on any atom is -0.468 e. The van der Waals surface area contributed by atoms with E-state index < -0.39 is 13.6 Å². The van der Waals surface area contributed by atoms with Crippen molar-refractivity contribution >= 4 is 35.1 Å². The fourth-order valence-corrected chi connectivity index (χ4v) is 12.0. The third kappa shape index (κ3) is 4.74. The lowest BCUT2D eigenvalue weighted by molar-refractivity contribution is -0.140. The van der Waals surface area contributed by atoms with Gasteiger partial charge in [-0.3, -0.25) is 9.36 Å². The van der Waals surface area contributed by atoms with E-state index in [9.17, 15) is 4.79 Å². The van der Waals surface area contributed by atoms with Crippen LogP contribution in [-0.2, 0) is 27.2 Å². The van der Waals surface area contributed by atoms with Crippen LogP contribution in [0.4, 0.5) is 0 Å². The van der Waals surface area contributed by atoms with E-state index in [0.29, 0.717) is 13.1 Å². The summed E-state index contributed by atoms with van der Waals surface area (Å²) < 4.78 is 28.5. The maximum absolute atomic E-state index is 16.5. The van der Waals surface area contributed by atoms with Crippen molar-refractivity contribution < 1.29 is 14.1 Å². The second-order valence-corrected chi connectivity index (χ2v) is 15.1. The highest BCUT2D eigenvalue weighted by Crippen LogP contribution is 2.75. The Balaban J connectivity index is 1.30. The van der Waals surface area contributed by atoms with Gasteiger partial charge >= 0.3 is 5.97 Å². The van der Waals surface area contributed by atoms with Gasteiger partial charge in [0.15, 0.2) is 0 Å². The van der Waals surface area contributed by atoms with Crippen LogP contribution in [-0.4, -0.2) is 45.2 Å². The molecule has 45 heavy (non-hydrogen) atoms. The summed E-state index contributed by atoms with van der Waals surface area (Å²) in [6.45, 7) is 1.11. The van der Waals surface area contributed by atoms with Gasteiger partial charge in [-0.15, -0.1) is 0 Å². The zero-order valence-corrected chi connectivity index (χ0v) is 26.4. The molecule has 1 saturated carbocycles. The summed E-state index contributed by atoms with van der Waals surface area (Å²) in [5.74, 6) is -0.329. The molecule has 2 heterocycles. The normalized spacial score (nSPS) is 26.1. The maximum Gasteiger partial charge on any atom is 0.325 e. The molecule has 0 radical (unpaired) electrons. The molecular weight excluding hydrogens is 577 g/mol. The van der Waals surface area contributed by atoms with E-state index in [-0.39, 0.29) is 24.1 Å². The van der Waals surface area contributed by atoms with Gasteiger partial charge in [0.05, 0.1) is 13.2 Å². The van der Waals surface area contributed by atoms with Gasteiger partial charge in [-0.05, 0) is 51.1 Å². The molecule has 0 N–H and O–H groups in total. The van der Waals surface area contributed by atoms with Crippen molar-refractivity contribution in [3.63, 3.8) is 0 Å². The Hall–Kier alpha value is -3.80. The molecule has 228 valence electrons. The van der Waals surface area contributed by atoms with Gasteiger partial charge in [0.1, 0.15) is 6.04 Å². The smallest absolute Gasteiger partial charge is 0.325 e. The Bertz CT molecular complexity index is 1820. The first-order valence-electron chi connectivity index (χ1n) is 16.1. The standard InChI is InChI=1S/C38H38N3O3P/c1-44-38(42)37-36(29-15-3-2-4-16-29)41(37)45(43)39(25-30-19-11-17-27-13-5-7-21-32(27)30)34-23-9-10-24-35(34)40(45)26-31-20-12-18-28-14-6-8-22-33(28)31/h2-8,11-22,34-37H,9-10,23-26H2,1H3/t34-,35-,36?,37?,41?/m1/s1. The molecule has 1 aliphatic carbocycles. The average molecular weight is 616 g/mol. The molecule has 3 aliphatic rings. The number of ether oxygens (including phenoxy) is 1. The number of carbonyl (C=O) groups excluding carboxylic acids is 1. The van der Waals surface area contributed by atoms with Gasteiger partial charge in [-0.1, -0.05) is 128 Å². The lowest BCUT2D eigenvalue weighted by Crippen LogP contribution is -2.39. The van der Waals surface area contributed by atoms with Crippen LogP contribution < -0.4 is 0 Å². The van der Waals surface area contributed by atoms with E-state index in [1.807, 2.05) is 35.0 Å². The molecule has 0 amide bonds. The second-order valence-electron chi connectivity index (χ2n) is 12.6. The maximum atomic E-state index is 16.5. The first-order valence-corrected chi connectivity index (χ1v) is 17.7. The number of carbonyl (C=O) groups is 1. The predicted octanol–water partition coefficient (Wildman–Crippen LogP) is 8.33. The molecule has 6 nitrogen and oxygen atoms in total. The number of nitrogens with zero attached hydrogens (tertiary/aromatic N) is 3. The van der Waals surface area contributed by atoms with Crippen molar-refractivity contribution in [1.29, 1.82) is 0 Å². The van der Waals surface area contributed by atoms with Gasteiger partial charge in [-0.2, -0.15) is 0 Å². The Labute approximate surface area is 264 Å². The van der Waals surface area contributed by atoms with Crippen LogP contribution in [0, 0.1) is 0 Å². The molecule has 2 aliphatic heterocycles. The first-order chi connectivity index (χ1) is 22.1. The molecule has 8 rings (SSSR count). The number of rotatable bonds is 7. The van der Waals surface area contributed by atoms with Gasteiger partial charge in [0.2, 0.25) is 0 Å². The van der Waals surface area contributed by atoms with Crippen molar-refractivity contribution in [2.45, 2.75) is 62.9 Å². The Morgan fingerprint density at radius 3 is 1.71 bits per heavy atom. The molecule has 2 saturated heterocycles. The van der Waals surface area contributed by atoms with Crippen molar-refractivity contribution in [1.82, 2.24) is 14.0 Å². The van der Waals surface area contributed by atoms with Crippen molar-refractivity contribution in [2.75, 3.05) is 7.11 Å². The van der Waals surface area contributed by atoms with Crippen LogP contribution in [0.1, 0.15) is 48.4 Å². The number of hydrogen-bond acceptors (Lipinski definition) is 3. The second kappa shape index (κ2) is 11.5. The van der Waals surface area contributed by atoms with Crippen LogP contribution in [0.5, 0.6) is 0 Å². The van der Waals surface area contributed by atoms with Crippen LogP contribution in [0.15, 0.2) is 115 Å². The molecular formula is C38H38N3O3P. The quantitative estimate of drug-likeness (QED) is 0.104. The summed E-state index contributed by atoms with van der Waals surface area (Å²) in [5.41, 5.74) is 3.32. The first kappa shape index (κ1) is 28.7. The van der Waals surface area contributed by atoms with Crippen LogP contribution in [0.25, 0.3) is 21.5 Å². The molecule has 3 unspecified atom stereocenters. The van der Waals surface area contributed by atoms with Gasteiger partial charge in [0, 0.05) is 25.2 Å². The van der Waals surface area contributed by atoms with E-state index >= 15 is 4.57 Å². The van der Waals surface area contributed by atoms with Crippen LogP contribution in [0.2, 0.25) is 0 Å². The van der Waals surface area contributed by atoms with Gasteiger partial charge in [0.25, 0.3) is 7.59 Å². The minimum atomic E-state index is -3.49. The largest absolute Gasteiger partial charge is 0.468 e. The zero-order valence-electron chi connectivity index (χ0n) is 25.5. The average Bonchev–Trinajstić information content (AvgIpc) is 3.81. The van der Waals surface area contributed by atoms with E-state index in [2.05, 4.69) is 94.3 Å². The topological polar surface area (TPSA) is 52.9 Å². The SMILES string of the molecule is COC(=O)C1C(c2ccccc2)N1P1(=O)N(Cc2cccc3ccccc23)[C@@H]2CCCC[C@H]2N1Cc1cccc2ccccc12. The Kier molecular flexibility index (Phi) is 7.34. The third-order valence-electron chi connectivity index (χ3n) is 10.2. The van der Waals surface area contributed by atoms with E-state index in [1.165, 1.54) is 28.7 Å². The molecule has 0 bridgehead atoms. The highest BCUT2D eigenvalue weighted by atomic mass is 31.2. The lowest BCUT2D eigenvalue weighted by atomic mass is 9.89. The Morgan fingerprint density at radius 2 is 1.18 bits per heavy atom. The van der Waals surface area contributed by atoms with Crippen LogP contribution in [0.3, 0.4) is 0 Å². The molecule has 3 fully saturated rings. The summed E-state index contributed by atoms with van der Waals surface area (Å²) in [5, 5.41) is 4.72. The molecule has 0 aromatic heterocycles. The molecule has 0 spiro atoms. The number of fused-ring (bicyclic) bond motifs is 3. The summed E-state index contributed by atoms with van der Waals surface area (Å²) >= 11 is 0. The number of esters is 1. The fourth-order valence-electron chi connectivity index (χ4n) is 8.10. The van der Waals surface area contributed by atoms with E-state index in [0.717, 1.165) is 42.4 Å². The lowest BCUT2D eigenvalue weighted by Gasteiger charge is -2.34.